The SMILES string of the molecule is N#Cc1ccc2c(c1)c1ccccc1n2-c1ccccc1-c1cc(C#N)nc(C#N)c1. The van der Waals surface area contributed by atoms with Gasteiger partial charge in [-0.25, -0.2) is 4.98 Å². The number of para-hydroxylation sites is 2. The predicted octanol–water partition coefficient (Wildman–Crippen LogP) is 5.46. The molecule has 0 bridgehead atoms. The highest BCUT2D eigenvalue weighted by Crippen LogP contribution is 2.36. The summed E-state index contributed by atoms with van der Waals surface area (Å²) >= 11 is 0. The monoisotopic (exact) mass is 395 g/mol. The Morgan fingerprint density at radius 1 is 0.645 bits per heavy atom. The zero-order valence-electron chi connectivity index (χ0n) is 16.2. The molecular weight excluding hydrogens is 382 g/mol. The number of fused-ring (bicyclic) bond motifs is 3. The fourth-order valence-corrected chi connectivity index (χ4v) is 4.02. The van der Waals surface area contributed by atoms with Crippen LogP contribution in [-0.4, -0.2) is 9.55 Å². The van der Waals surface area contributed by atoms with Crippen LogP contribution >= 0.6 is 0 Å². The highest BCUT2D eigenvalue weighted by molar-refractivity contribution is 6.10. The van der Waals surface area contributed by atoms with Gasteiger partial charge >= 0.3 is 0 Å². The highest BCUT2D eigenvalue weighted by atomic mass is 15.0. The van der Waals surface area contributed by atoms with Crippen molar-refractivity contribution in [2.45, 2.75) is 0 Å². The number of pyridine rings is 1. The molecule has 2 aromatic heterocycles. The molecule has 142 valence electrons. The van der Waals surface area contributed by atoms with Gasteiger partial charge in [-0.05, 0) is 48.0 Å². The first-order valence-electron chi connectivity index (χ1n) is 9.59. The third kappa shape index (κ3) is 2.88. The van der Waals surface area contributed by atoms with Crippen molar-refractivity contribution in [3.8, 4) is 35.0 Å². The summed E-state index contributed by atoms with van der Waals surface area (Å²) in [4.78, 5) is 4.05. The second kappa shape index (κ2) is 7.16. The quantitative estimate of drug-likeness (QED) is 0.397. The Kier molecular flexibility index (Phi) is 4.19. The smallest absolute Gasteiger partial charge is 0.142 e. The summed E-state index contributed by atoms with van der Waals surface area (Å²) < 4.78 is 2.15. The van der Waals surface area contributed by atoms with Crippen LogP contribution < -0.4 is 0 Å². The molecule has 0 unspecified atom stereocenters. The van der Waals surface area contributed by atoms with E-state index in [4.69, 9.17) is 0 Å². The van der Waals surface area contributed by atoms with Crippen LogP contribution in [0.3, 0.4) is 0 Å². The molecular formula is C26H13N5. The zero-order chi connectivity index (χ0) is 21.4. The van der Waals surface area contributed by atoms with Crippen molar-refractivity contribution in [3.05, 3.63) is 95.8 Å². The molecule has 0 aliphatic carbocycles. The first-order chi connectivity index (χ1) is 15.2. The minimum atomic E-state index is 0.199. The molecule has 2 heterocycles. The first-order valence-corrected chi connectivity index (χ1v) is 9.59. The topological polar surface area (TPSA) is 89.2 Å². The maximum Gasteiger partial charge on any atom is 0.142 e. The van der Waals surface area contributed by atoms with Gasteiger partial charge in [0.05, 0.1) is 28.4 Å². The Balaban J connectivity index is 1.88. The molecule has 0 spiro atoms. The Morgan fingerprint density at radius 2 is 1.32 bits per heavy atom. The summed E-state index contributed by atoms with van der Waals surface area (Å²) in [5, 5.41) is 30.1. The zero-order valence-corrected chi connectivity index (χ0v) is 16.2. The predicted molar refractivity (Wildman–Crippen MR) is 118 cm³/mol. The molecule has 0 N–H and O–H groups in total. The van der Waals surface area contributed by atoms with E-state index < -0.39 is 0 Å². The van der Waals surface area contributed by atoms with Crippen molar-refractivity contribution >= 4 is 21.8 Å². The molecule has 31 heavy (non-hydrogen) atoms. The van der Waals surface area contributed by atoms with Crippen LogP contribution in [0.15, 0.2) is 78.9 Å². The van der Waals surface area contributed by atoms with Gasteiger partial charge in [0, 0.05) is 16.3 Å². The van der Waals surface area contributed by atoms with Crippen molar-refractivity contribution in [2.24, 2.45) is 0 Å². The lowest BCUT2D eigenvalue weighted by atomic mass is 10.0. The molecule has 0 saturated heterocycles. The van der Waals surface area contributed by atoms with E-state index in [-0.39, 0.29) is 11.4 Å². The van der Waals surface area contributed by atoms with Crippen LogP contribution in [0.25, 0.3) is 38.6 Å². The number of rotatable bonds is 2. The first kappa shape index (κ1) is 18.1. The summed E-state index contributed by atoms with van der Waals surface area (Å²) in [5.74, 6) is 0. The fourth-order valence-electron chi connectivity index (χ4n) is 4.02. The molecule has 0 saturated carbocycles. The Bertz CT molecular complexity index is 1590. The molecule has 0 fully saturated rings. The van der Waals surface area contributed by atoms with Gasteiger partial charge in [-0.15, -0.1) is 0 Å². The average Bonchev–Trinajstić information content (AvgIpc) is 3.17. The Labute approximate surface area is 178 Å². The van der Waals surface area contributed by atoms with Gasteiger partial charge in [0.25, 0.3) is 0 Å². The highest BCUT2D eigenvalue weighted by Gasteiger charge is 2.16. The van der Waals surface area contributed by atoms with E-state index in [1.54, 1.807) is 12.1 Å². The van der Waals surface area contributed by atoms with E-state index in [2.05, 4.69) is 15.6 Å². The molecule has 5 heteroatoms. The average molecular weight is 395 g/mol. The summed E-state index contributed by atoms with van der Waals surface area (Å²) in [5.41, 5.74) is 5.53. The number of hydrogen-bond acceptors (Lipinski definition) is 4. The number of benzene rings is 3. The van der Waals surface area contributed by atoms with Gasteiger partial charge < -0.3 is 4.57 Å². The van der Waals surface area contributed by atoms with Crippen LogP contribution in [0.5, 0.6) is 0 Å². The van der Waals surface area contributed by atoms with Crippen LogP contribution in [0.4, 0.5) is 0 Å². The Hall–Kier alpha value is -4.92. The molecule has 0 aliphatic rings. The van der Waals surface area contributed by atoms with E-state index in [1.807, 2.05) is 78.9 Å². The second-order valence-corrected chi connectivity index (χ2v) is 7.06. The van der Waals surface area contributed by atoms with E-state index in [0.717, 1.165) is 38.6 Å². The van der Waals surface area contributed by atoms with Crippen molar-refractivity contribution < 1.29 is 0 Å². The van der Waals surface area contributed by atoms with Crippen LogP contribution in [0.1, 0.15) is 17.0 Å². The van der Waals surface area contributed by atoms with Gasteiger partial charge in [0.1, 0.15) is 23.5 Å². The number of hydrogen-bond donors (Lipinski definition) is 0. The lowest BCUT2D eigenvalue weighted by Crippen LogP contribution is -1.98. The van der Waals surface area contributed by atoms with Crippen molar-refractivity contribution in [1.82, 2.24) is 9.55 Å². The number of nitriles is 3. The minimum absolute atomic E-state index is 0.199. The second-order valence-electron chi connectivity index (χ2n) is 7.06. The number of nitrogens with zero attached hydrogens (tertiary/aromatic N) is 5. The summed E-state index contributed by atoms with van der Waals surface area (Å²) in [6.45, 7) is 0. The molecule has 0 radical (unpaired) electrons. The van der Waals surface area contributed by atoms with E-state index in [0.29, 0.717) is 5.56 Å². The molecule has 0 aliphatic heterocycles. The standard InChI is InChI=1S/C26H13N5/c27-14-17-9-10-26-23(11-17)22-6-2-4-8-25(22)31(26)24-7-3-1-5-21(24)18-12-19(15-28)30-20(13-18)16-29/h1-13H. The summed E-state index contributed by atoms with van der Waals surface area (Å²) in [6, 6.07) is 31.3. The van der Waals surface area contributed by atoms with Gasteiger partial charge in [-0.2, -0.15) is 15.8 Å². The fraction of sp³-hybridized carbons (Fsp3) is 0. The molecule has 0 atom stereocenters. The maximum absolute atomic E-state index is 9.37. The molecule has 0 amide bonds. The minimum Gasteiger partial charge on any atom is -0.309 e. The van der Waals surface area contributed by atoms with E-state index in [1.165, 1.54) is 0 Å². The largest absolute Gasteiger partial charge is 0.309 e. The lowest BCUT2D eigenvalue weighted by Gasteiger charge is -2.14. The van der Waals surface area contributed by atoms with Crippen LogP contribution in [-0.2, 0) is 0 Å². The van der Waals surface area contributed by atoms with Crippen LogP contribution in [0, 0.1) is 34.0 Å². The van der Waals surface area contributed by atoms with Crippen molar-refractivity contribution in [2.75, 3.05) is 0 Å². The van der Waals surface area contributed by atoms with Gasteiger partial charge in [0.2, 0.25) is 0 Å². The molecule has 5 aromatic rings. The van der Waals surface area contributed by atoms with Crippen LogP contribution in [0.2, 0.25) is 0 Å². The lowest BCUT2D eigenvalue weighted by molar-refractivity contribution is 1.17. The normalized spacial score (nSPS) is 10.5. The van der Waals surface area contributed by atoms with E-state index >= 15 is 0 Å². The molecule has 5 rings (SSSR count). The summed E-state index contributed by atoms with van der Waals surface area (Å²) in [7, 11) is 0. The van der Waals surface area contributed by atoms with Gasteiger partial charge in [-0.1, -0.05) is 36.4 Å². The van der Waals surface area contributed by atoms with Crippen molar-refractivity contribution in [1.29, 1.82) is 15.8 Å². The number of aromatic nitrogens is 2. The third-order valence-corrected chi connectivity index (χ3v) is 5.31. The van der Waals surface area contributed by atoms with Gasteiger partial charge in [-0.3, -0.25) is 0 Å². The Morgan fingerprint density at radius 3 is 2.06 bits per heavy atom. The third-order valence-electron chi connectivity index (χ3n) is 5.31. The molecule has 5 nitrogen and oxygen atoms in total. The van der Waals surface area contributed by atoms with E-state index in [9.17, 15) is 15.8 Å². The maximum atomic E-state index is 9.37. The van der Waals surface area contributed by atoms with Gasteiger partial charge in [0.15, 0.2) is 0 Å². The molecule has 3 aromatic carbocycles. The van der Waals surface area contributed by atoms with Crippen molar-refractivity contribution in [3.63, 3.8) is 0 Å². The summed E-state index contributed by atoms with van der Waals surface area (Å²) in [6.07, 6.45) is 0.